The highest BCUT2D eigenvalue weighted by molar-refractivity contribution is 6.35. The zero-order valence-electron chi connectivity index (χ0n) is 17.6. The van der Waals surface area contributed by atoms with Crippen LogP contribution in [0.2, 0.25) is 10.0 Å². The van der Waals surface area contributed by atoms with Gasteiger partial charge in [0, 0.05) is 26.7 Å². The van der Waals surface area contributed by atoms with Crippen molar-refractivity contribution in [2.75, 3.05) is 5.73 Å². The number of rotatable bonds is 4. The summed E-state index contributed by atoms with van der Waals surface area (Å²) in [7, 11) is 0. The summed E-state index contributed by atoms with van der Waals surface area (Å²) in [6.45, 7) is 0.168. The van der Waals surface area contributed by atoms with Crippen molar-refractivity contribution in [2.45, 2.75) is 6.61 Å². The molecule has 2 N–H and O–H groups in total. The molecule has 5 rings (SSSR count). The molecule has 2 heterocycles. The molecule has 0 radical (unpaired) electrons. The summed E-state index contributed by atoms with van der Waals surface area (Å²) in [6, 6.07) is 24.1. The van der Waals surface area contributed by atoms with Crippen LogP contribution in [0.15, 0.2) is 66.7 Å². The Kier molecular flexibility index (Phi) is 5.47. The largest absolute Gasteiger partial charge is 0.488 e. The van der Waals surface area contributed by atoms with Gasteiger partial charge in [-0.3, -0.25) is 4.40 Å². The van der Waals surface area contributed by atoms with E-state index < -0.39 is 0 Å². The Morgan fingerprint density at radius 2 is 1.68 bits per heavy atom. The first kappa shape index (κ1) is 21.6. The van der Waals surface area contributed by atoms with Crippen LogP contribution < -0.4 is 10.5 Å². The summed E-state index contributed by atoms with van der Waals surface area (Å²) < 4.78 is 7.74. The molecule has 5 aromatic rings. The molecule has 0 spiro atoms. The maximum absolute atomic E-state index is 10.2. The van der Waals surface area contributed by atoms with Gasteiger partial charge in [0.25, 0.3) is 0 Å². The molecule has 2 aromatic heterocycles. The van der Waals surface area contributed by atoms with E-state index in [1.807, 2.05) is 36.4 Å². The summed E-state index contributed by atoms with van der Waals surface area (Å²) >= 11 is 12.3. The van der Waals surface area contributed by atoms with Crippen LogP contribution in [-0.2, 0) is 6.61 Å². The van der Waals surface area contributed by atoms with Crippen molar-refractivity contribution in [2.24, 2.45) is 0 Å². The van der Waals surface area contributed by atoms with Crippen molar-refractivity contribution in [1.29, 1.82) is 10.5 Å². The first-order chi connectivity index (χ1) is 16.5. The van der Waals surface area contributed by atoms with Gasteiger partial charge in [-0.15, -0.1) is 0 Å². The maximum Gasteiger partial charge on any atom is 0.158 e. The minimum Gasteiger partial charge on any atom is -0.488 e. The second kappa shape index (κ2) is 8.61. The highest BCUT2D eigenvalue weighted by atomic mass is 35.5. The predicted molar refractivity (Wildman–Crippen MR) is 133 cm³/mol. The molecule has 0 atom stereocenters. The number of nitrogens with zero attached hydrogens (tertiary/aromatic N) is 4. The number of nitriles is 2. The summed E-state index contributed by atoms with van der Waals surface area (Å²) in [5, 5.41) is 21.2. The van der Waals surface area contributed by atoms with Crippen molar-refractivity contribution in [3.8, 4) is 29.0 Å². The van der Waals surface area contributed by atoms with Crippen molar-refractivity contribution in [3.63, 3.8) is 0 Å². The molecular weight excluding hydrogens is 469 g/mol. The van der Waals surface area contributed by atoms with E-state index in [-0.39, 0.29) is 23.6 Å². The van der Waals surface area contributed by atoms with E-state index in [9.17, 15) is 10.5 Å². The van der Waals surface area contributed by atoms with E-state index in [0.29, 0.717) is 38.1 Å². The highest BCUT2D eigenvalue weighted by Crippen LogP contribution is 2.40. The molecule has 0 bridgehead atoms. The molecule has 6 nitrogen and oxygen atoms in total. The average molecular weight is 484 g/mol. The Morgan fingerprint density at radius 1 is 0.941 bits per heavy atom. The van der Waals surface area contributed by atoms with E-state index in [2.05, 4.69) is 17.1 Å². The quantitative estimate of drug-likeness (QED) is 0.320. The van der Waals surface area contributed by atoms with Crippen LogP contribution in [-0.4, -0.2) is 9.38 Å². The molecule has 3 aromatic carbocycles. The summed E-state index contributed by atoms with van der Waals surface area (Å²) in [5.74, 6) is 0.678. The lowest BCUT2D eigenvalue weighted by Gasteiger charge is -2.16. The first-order valence-electron chi connectivity index (χ1n) is 10.2. The molecule has 0 amide bonds. The van der Waals surface area contributed by atoms with Gasteiger partial charge < -0.3 is 10.5 Å². The molecule has 0 aliphatic rings. The molecule has 164 valence electrons. The normalized spacial score (nSPS) is 10.8. The predicted octanol–water partition coefficient (Wildman–Crippen LogP) is 6.37. The zero-order valence-corrected chi connectivity index (χ0v) is 19.1. The molecule has 34 heavy (non-hydrogen) atoms. The van der Waals surface area contributed by atoms with Gasteiger partial charge in [-0.05, 0) is 30.3 Å². The van der Waals surface area contributed by atoms with Gasteiger partial charge in [-0.1, -0.05) is 59.6 Å². The minimum atomic E-state index is 0.168. The first-order valence-corrected chi connectivity index (χ1v) is 11.0. The van der Waals surface area contributed by atoms with Gasteiger partial charge in [0.15, 0.2) is 5.65 Å². The Labute approximate surface area is 205 Å². The number of pyridine rings is 1. The fourth-order valence-electron chi connectivity index (χ4n) is 4.00. The summed E-state index contributed by atoms with van der Waals surface area (Å²) in [5.41, 5.74) is 10.3. The number of para-hydroxylation sites is 3. The standard InChI is InChI=1S/C26H15Cl2N5O/c27-16-10-9-15(20(28)11-16)14-34-23-8-4-1-5-17(23)24-18(12-29)25(31)33-22-7-3-2-6-21(22)32-26(33)19(24)13-30/h1-11H,14,31H2. The molecule has 0 unspecified atom stereocenters. The lowest BCUT2D eigenvalue weighted by atomic mass is 9.95. The number of anilines is 1. The number of aromatic nitrogens is 2. The van der Waals surface area contributed by atoms with Crippen LogP contribution in [0, 0.1) is 22.7 Å². The number of nitrogens with two attached hydrogens (primary N) is 1. The summed E-state index contributed by atoms with van der Waals surface area (Å²) in [6.07, 6.45) is 0. The van der Waals surface area contributed by atoms with Crippen LogP contribution >= 0.6 is 23.2 Å². The van der Waals surface area contributed by atoms with Crippen LogP contribution in [0.1, 0.15) is 16.7 Å². The molecule has 0 aliphatic carbocycles. The third kappa shape index (κ3) is 3.47. The number of halogens is 2. The number of benzene rings is 3. The molecular formula is C26H15Cl2N5O. The van der Waals surface area contributed by atoms with Gasteiger partial charge in [-0.2, -0.15) is 10.5 Å². The lowest BCUT2D eigenvalue weighted by molar-refractivity contribution is 0.307. The Bertz CT molecular complexity index is 1680. The van der Waals surface area contributed by atoms with E-state index >= 15 is 0 Å². The van der Waals surface area contributed by atoms with Gasteiger partial charge in [0.05, 0.1) is 11.0 Å². The number of ether oxygens (including phenoxy) is 1. The van der Waals surface area contributed by atoms with E-state index in [1.165, 1.54) is 0 Å². The van der Waals surface area contributed by atoms with Gasteiger partial charge in [-0.25, -0.2) is 4.98 Å². The van der Waals surface area contributed by atoms with Gasteiger partial charge >= 0.3 is 0 Å². The van der Waals surface area contributed by atoms with Gasteiger partial charge in [0.2, 0.25) is 0 Å². The van der Waals surface area contributed by atoms with E-state index in [1.54, 1.807) is 34.7 Å². The molecule has 0 aliphatic heterocycles. The van der Waals surface area contributed by atoms with Crippen LogP contribution in [0.4, 0.5) is 5.82 Å². The molecule has 0 saturated carbocycles. The topological polar surface area (TPSA) is 100 Å². The van der Waals surface area contributed by atoms with Gasteiger partial charge in [0.1, 0.15) is 41.4 Å². The van der Waals surface area contributed by atoms with Crippen molar-refractivity contribution >= 4 is 45.7 Å². The monoisotopic (exact) mass is 483 g/mol. The second-order valence-corrected chi connectivity index (χ2v) is 8.36. The Morgan fingerprint density at radius 3 is 2.44 bits per heavy atom. The maximum atomic E-state index is 10.2. The summed E-state index contributed by atoms with van der Waals surface area (Å²) in [4.78, 5) is 4.63. The SMILES string of the molecule is N#Cc1c(-c2ccccc2OCc2ccc(Cl)cc2Cl)c(C#N)c2nc3ccccc3n2c1N. The highest BCUT2D eigenvalue weighted by Gasteiger charge is 2.24. The minimum absolute atomic E-state index is 0.168. The van der Waals surface area contributed by atoms with Crippen molar-refractivity contribution in [3.05, 3.63) is 93.5 Å². The number of hydrogen-bond donors (Lipinski definition) is 1. The number of fused-ring (bicyclic) bond motifs is 3. The average Bonchev–Trinajstić information content (AvgIpc) is 3.23. The molecule has 0 saturated heterocycles. The Balaban J connectivity index is 1.72. The number of imidazole rings is 1. The van der Waals surface area contributed by atoms with Crippen LogP contribution in [0.3, 0.4) is 0 Å². The molecule has 0 fully saturated rings. The van der Waals surface area contributed by atoms with E-state index in [4.69, 9.17) is 33.7 Å². The molecule has 8 heteroatoms. The van der Waals surface area contributed by atoms with Crippen LogP contribution in [0.25, 0.3) is 27.8 Å². The smallest absolute Gasteiger partial charge is 0.158 e. The fourth-order valence-corrected chi connectivity index (χ4v) is 4.46. The third-order valence-electron chi connectivity index (χ3n) is 5.56. The Hall–Kier alpha value is -4.23. The van der Waals surface area contributed by atoms with E-state index in [0.717, 1.165) is 11.1 Å². The fraction of sp³-hybridized carbons (Fsp3) is 0.0385. The lowest BCUT2D eigenvalue weighted by Crippen LogP contribution is -2.06. The zero-order chi connectivity index (χ0) is 23.8. The third-order valence-corrected chi connectivity index (χ3v) is 6.15. The number of nitrogen functional groups attached to an aromatic ring is 1. The number of hydrogen-bond acceptors (Lipinski definition) is 5. The van der Waals surface area contributed by atoms with Crippen LogP contribution in [0.5, 0.6) is 5.75 Å². The second-order valence-electron chi connectivity index (χ2n) is 7.51. The van der Waals surface area contributed by atoms with Crippen molar-refractivity contribution in [1.82, 2.24) is 9.38 Å². The van der Waals surface area contributed by atoms with Crippen molar-refractivity contribution < 1.29 is 4.74 Å².